The van der Waals surface area contributed by atoms with Crippen molar-refractivity contribution < 1.29 is 9.53 Å². The van der Waals surface area contributed by atoms with Gasteiger partial charge in [0.1, 0.15) is 0 Å². The molecule has 0 aliphatic heterocycles. The maximum atomic E-state index is 11.7. The third kappa shape index (κ3) is 5.65. The average Bonchev–Trinajstić information content (AvgIpc) is 2.69. The molecule has 0 radical (unpaired) electrons. The zero-order valence-electron chi connectivity index (χ0n) is 15.4. The summed E-state index contributed by atoms with van der Waals surface area (Å²) in [4.78, 5) is 16.1. The van der Waals surface area contributed by atoms with Crippen LogP contribution in [0.3, 0.4) is 0 Å². The fourth-order valence-corrected chi connectivity index (χ4v) is 2.71. The molecule has 144 valence electrons. The van der Waals surface area contributed by atoms with Crippen molar-refractivity contribution in [2.45, 2.75) is 13.3 Å². The van der Waals surface area contributed by atoms with E-state index in [0.717, 1.165) is 22.7 Å². The van der Waals surface area contributed by atoms with Gasteiger partial charge >= 0.3 is 5.97 Å². The monoisotopic (exact) mass is 397 g/mol. The van der Waals surface area contributed by atoms with Crippen LogP contribution >= 0.6 is 11.6 Å². The maximum Gasteiger partial charge on any atom is 0.338 e. The predicted molar refractivity (Wildman–Crippen MR) is 109 cm³/mol. The molecular weight excluding hydrogens is 378 g/mol. The molecule has 0 atom stereocenters. The molecule has 7 nitrogen and oxygen atoms in total. The van der Waals surface area contributed by atoms with Crippen molar-refractivity contribution in [3.8, 4) is 0 Å². The summed E-state index contributed by atoms with van der Waals surface area (Å²) in [5, 5.41) is 14.9. The Morgan fingerprint density at radius 3 is 2.75 bits per heavy atom. The fourth-order valence-electron chi connectivity index (χ4n) is 2.50. The molecule has 1 aromatic heterocycles. The maximum absolute atomic E-state index is 11.7. The molecule has 0 fully saturated rings. The number of benzene rings is 2. The van der Waals surface area contributed by atoms with Crippen LogP contribution < -0.4 is 10.6 Å². The van der Waals surface area contributed by atoms with Gasteiger partial charge in [0.25, 0.3) is 0 Å². The molecule has 0 amide bonds. The number of anilines is 3. The van der Waals surface area contributed by atoms with E-state index >= 15 is 0 Å². The Bertz CT molecular complexity index is 934. The van der Waals surface area contributed by atoms with Gasteiger partial charge in [0.15, 0.2) is 5.82 Å². The molecule has 8 heteroatoms. The van der Waals surface area contributed by atoms with Crippen LogP contribution in [0, 0.1) is 0 Å². The topological polar surface area (TPSA) is 89.0 Å². The quantitative estimate of drug-likeness (QED) is 0.553. The third-order valence-corrected chi connectivity index (χ3v) is 4.05. The number of rotatable bonds is 8. The van der Waals surface area contributed by atoms with Crippen LogP contribution in [0.15, 0.2) is 54.7 Å². The van der Waals surface area contributed by atoms with Crippen LogP contribution in [-0.4, -0.2) is 34.3 Å². The van der Waals surface area contributed by atoms with E-state index in [4.69, 9.17) is 16.3 Å². The number of aromatic nitrogens is 3. The molecule has 0 saturated heterocycles. The van der Waals surface area contributed by atoms with Crippen LogP contribution in [-0.2, 0) is 11.2 Å². The van der Waals surface area contributed by atoms with E-state index in [0.29, 0.717) is 30.5 Å². The number of nitrogens with zero attached hydrogens (tertiary/aromatic N) is 3. The fraction of sp³-hybridized carbons (Fsp3) is 0.200. The third-order valence-electron chi connectivity index (χ3n) is 3.81. The normalized spacial score (nSPS) is 10.4. The summed E-state index contributed by atoms with van der Waals surface area (Å²) in [6.07, 6.45) is 2.32. The van der Waals surface area contributed by atoms with E-state index in [1.54, 1.807) is 31.2 Å². The summed E-state index contributed by atoms with van der Waals surface area (Å²) in [6, 6.07) is 14.7. The number of carbonyl (C=O) groups is 1. The lowest BCUT2D eigenvalue weighted by Crippen LogP contribution is -2.09. The van der Waals surface area contributed by atoms with Crippen LogP contribution in [0.5, 0.6) is 0 Å². The predicted octanol–water partition coefficient (Wildman–Crippen LogP) is 4.10. The minimum Gasteiger partial charge on any atom is -0.462 e. The largest absolute Gasteiger partial charge is 0.462 e. The number of hydrogen-bond donors (Lipinski definition) is 2. The minimum atomic E-state index is -0.344. The number of ether oxygens (including phenoxy) is 1. The molecule has 0 unspecified atom stereocenters. The molecule has 0 saturated carbocycles. The standard InChI is InChI=1S/C20H20ClN5O2/c1-2-28-19(27)15-6-8-17(9-7-15)24-18-13-23-26-20(25-18)22-11-10-14-4-3-5-16(21)12-14/h3-9,12-13H,2,10-11H2,1H3,(H2,22,24,25,26). The van der Waals surface area contributed by atoms with E-state index in [2.05, 4.69) is 25.8 Å². The number of halogens is 1. The molecule has 0 bridgehead atoms. The molecule has 0 spiro atoms. The molecule has 0 aliphatic carbocycles. The summed E-state index contributed by atoms with van der Waals surface area (Å²) < 4.78 is 4.97. The second-order valence-electron chi connectivity index (χ2n) is 5.89. The van der Waals surface area contributed by atoms with Gasteiger partial charge in [-0.05, 0) is 55.3 Å². The van der Waals surface area contributed by atoms with Gasteiger partial charge in [-0.15, -0.1) is 5.10 Å². The van der Waals surface area contributed by atoms with Gasteiger partial charge in [0.2, 0.25) is 5.95 Å². The lowest BCUT2D eigenvalue weighted by Gasteiger charge is -2.08. The second-order valence-corrected chi connectivity index (χ2v) is 6.33. The van der Waals surface area contributed by atoms with Crippen molar-refractivity contribution in [3.63, 3.8) is 0 Å². The Balaban J connectivity index is 1.56. The smallest absolute Gasteiger partial charge is 0.338 e. The molecule has 28 heavy (non-hydrogen) atoms. The summed E-state index contributed by atoms with van der Waals surface area (Å²) in [5.41, 5.74) is 2.40. The Hall–Kier alpha value is -3.19. The van der Waals surface area contributed by atoms with E-state index < -0.39 is 0 Å². The summed E-state index contributed by atoms with van der Waals surface area (Å²) in [7, 11) is 0. The van der Waals surface area contributed by atoms with E-state index in [1.807, 2.05) is 24.3 Å². The molecule has 3 aromatic rings. The summed E-state index contributed by atoms with van der Waals surface area (Å²) >= 11 is 5.99. The van der Waals surface area contributed by atoms with Crippen molar-refractivity contribution in [2.75, 3.05) is 23.8 Å². The molecule has 0 aliphatic rings. The van der Waals surface area contributed by atoms with Gasteiger partial charge in [-0.1, -0.05) is 23.7 Å². The summed E-state index contributed by atoms with van der Waals surface area (Å²) in [6.45, 7) is 2.77. The number of hydrogen-bond acceptors (Lipinski definition) is 7. The Morgan fingerprint density at radius 1 is 1.18 bits per heavy atom. The lowest BCUT2D eigenvalue weighted by atomic mass is 10.1. The van der Waals surface area contributed by atoms with Gasteiger partial charge in [-0.3, -0.25) is 0 Å². The van der Waals surface area contributed by atoms with Gasteiger partial charge < -0.3 is 15.4 Å². The Labute approximate surface area is 168 Å². The molecule has 2 N–H and O–H groups in total. The first-order chi connectivity index (χ1) is 13.6. The van der Waals surface area contributed by atoms with Crippen molar-refractivity contribution >= 4 is 35.0 Å². The van der Waals surface area contributed by atoms with E-state index in [9.17, 15) is 4.79 Å². The summed E-state index contributed by atoms with van der Waals surface area (Å²) in [5.74, 6) is 0.628. The first kappa shape index (κ1) is 19.6. The van der Waals surface area contributed by atoms with Crippen LogP contribution in [0.1, 0.15) is 22.8 Å². The molecule has 1 heterocycles. The van der Waals surface area contributed by atoms with Crippen LogP contribution in [0.4, 0.5) is 17.5 Å². The van der Waals surface area contributed by atoms with Gasteiger partial charge in [-0.25, -0.2) is 4.79 Å². The van der Waals surface area contributed by atoms with Crippen molar-refractivity contribution in [1.29, 1.82) is 0 Å². The van der Waals surface area contributed by atoms with E-state index in [1.165, 1.54) is 6.20 Å². The van der Waals surface area contributed by atoms with Crippen molar-refractivity contribution in [3.05, 3.63) is 70.9 Å². The average molecular weight is 398 g/mol. The second kappa shape index (κ2) is 9.66. The Kier molecular flexibility index (Phi) is 6.75. The number of esters is 1. The number of carbonyl (C=O) groups excluding carboxylic acids is 1. The molecule has 3 rings (SSSR count). The van der Waals surface area contributed by atoms with Gasteiger partial charge in [0, 0.05) is 17.3 Å². The molecular formula is C20H20ClN5O2. The highest BCUT2D eigenvalue weighted by molar-refractivity contribution is 6.30. The highest BCUT2D eigenvalue weighted by atomic mass is 35.5. The molecule has 2 aromatic carbocycles. The Morgan fingerprint density at radius 2 is 2.00 bits per heavy atom. The minimum absolute atomic E-state index is 0.344. The van der Waals surface area contributed by atoms with Gasteiger partial charge in [0.05, 0.1) is 18.4 Å². The van der Waals surface area contributed by atoms with Crippen LogP contribution in [0.25, 0.3) is 0 Å². The zero-order valence-corrected chi connectivity index (χ0v) is 16.1. The van der Waals surface area contributed by atoms with Crippen molar-refractivity contribution in [1.82, 2.24) is 15.2 Å². The highest BCUT2D eigenvalue weighted by Crippen LogP contribution is 2.16. The van der Waals surface area contributed by atoms with E-state index in [-0.39, 0.29) is 5.97 Å². The SMILES string of the molecule is CCOC(=O)c1ccc(Nc2cnnc(NCCc3cccc(Cl)c3)n2)cc1. The first-order valence-corrected chi connectivity index (χ1v) is 9.24. The zero-order chi connectivity index (χ0) is 19.8. The van der Waals surface area contributed by atoms with Crippen molar-refractivity contribution in [2.24, 2.45) is 0 Å². The first-order valence-electron chi connectivity index (χ1n) is 8.86. The van der Waals surface area contributed by atoms with Crippen LogP contribution in [0.2, 0.25) is 5.02 Å². The number of nitrogens with one attached hydrogen (secondary N) is 2. The van der Waals surface area contributed by atoms with Gasteiger partial charge in [-0.2, -0.15) is 10.1 Å². The highest BCUT2D eigenvalue weighted by Gasteiger charge is 2.06. The lowest BCUT2D eigenvalue weighted by molar-refractivity contribution is 0.0526.